The number of β-lactam (4-membered cyclic amide) rings is 1. The van der Waals surface area contributed by atoms with Crippen LogP contribution in [0.1, 0.15) is 22.1 Å². The first-order chi connectivity index (χ1) is 20.5. The highest BCUT2D eigenvalue weighted by molar-refractivity contribution is 8.00. The first kappa shape index (κ1) is 28.8. The summed E-state index contributed by atoms with van der Waals surface area (Å²) >= 11 is 2.40. The Bertz CT molecular complexity index is 1530. The van der Waals surface area contributed by atoms with E-state index in [4.69, 9.17) is 9.57 Å². The van der Waals surface area contributed by atoms with Crippen LogP contribution in [0.4, 0.5) is 5.13 Å². The van der Waals surface area contributed by atoms with Crippen molar-refractivity contribution in [2.24, 2.45) is 5.16 Å². The van der Waals surface area contributed by atoms with Crippen LogP contribution in [-0.2, 0) is 28.8 Å². The quantitative estimate of drug-likeness (QED) is 0.112. The van der Waals surface area contributed by atoms with E-state index in [1.54, 1.807) is 0 Å². The van der Waals surface area contributed by atoms with E-state index in [0.717, 1.165) is 22.5 Å². The summed E-state index contributed by atoms with van der Waals surface area (Å²) < 4.78 is 6.05. The molecular weight excluding hydrogens is 578 g/mol. The fourth-order valence-corrected chi connectivity index (χ4v) is 6.63. The molecule has 0 radical (unpaired) electrons. The number of carbonyl (C=O) groups is 4. The smallest absolute Gasteiger partial charge is 0.356 e. The standard InChI is InChI=1S/C29H25N5O6S2/c1-3-17-15-41-27-22(32-25(36)21(33-39-2)20-14-30-29(42-20)31-16-35)26(37)34(27)23(17)28(38)40-24(18-10-6-4-7-11-18)19-12-8-5-9-13-19/h3-14,16,22,24,27H,1,15H2,2H3,(H,32,36)(H,30,31,35)/t22?,27-/m1/s1. The molecule has 2 N–H and O–H groups in total. The minimum absolute atomic E-state index is 0.0962. The first-order valence-electron chi connectivity index (χ1n) is 12.7. The van der Waals surface area contributed by atoms with Gasteiger partial charge in [0.25, 0.3) is 11.8 Å². The van der Waals surface area contributed by atoms with E-state index >= 15 is 0 Å². The number of hydrogen-bond acceptors (Lipinski definition) is 10. The van der Waals surface area contributed by atoms with Gasteiger partial charge in [-0.25, -0.2) is 9.78 Å². The van der Waals surface area contributed by atoms with Crippen molar-refractivity contribution in [3.05, 3.63) is 107 Å². The normalized spacial score (nSPS) is 18.1. The second kappa shape index (κ2) is 12.8. The second-order valence-electron chi connectivity index (χ2n) is 8.96. The van der Waals surface area contributed by atoms with Gasteiger partial charge in [-0.05, 0) is 16.7 Å². The van der Waals surface area contributed by atoms with Crippen LogP contribution >= 0.6 is 23.1 Å². The SMILES string of the molecule is C=CC1=C(C(=O)OC(c2ccccc2)c2ccccc2)N2C(=O)C(NC(=O)C(=NOC)c3cnc(NC=O)s3)[C@H]2SC1. The summed E-state index contributed by atoms with van der Waals surface area (Å²) in [5.74, 6) is -1.45. The van der Waals surface area contributed by atoms with Gasteiger partial charge in [0.05, 0.1) is 4.88 Å². The Morgan fingerprint density at radius 1 is 1.14 bits per heavy atom. The molecule has 42 heavy (non-hydrogen) atoms. The zero-order chi connectivity index (χ0) is 29.6. The monoisotopic (exact) mass is 603 g/mol. The summed E-state index contributed by atoms with van der Waals surface area (Å²) in [5, 5.41) is 8.61. The van der Waals surface area contributed by atoms with E-state index in [1.165, 1.54) is 36.0 Å². The lowest BCUT2D eigenvalue weighted by Crippen LogP contribution is -2.71. The average molecular weight is 604 g/mol. The Morgan fingerprint density at radius 3 is 2.40 bits per heavy atom. The number of hydrogen-bond donors (Lipinski definition) is 2. The van der Waals surface area contributed by atoms with Gasteiger partial charge in [-0.3, -0.25) is 19.3 Å². The molecule has 11 nitrogen and oxygen atoms in total. The molecule has 3 aromatic rings. The van der Waals surface area contributed by atoms with E-state index in [1.807, 2.05) is 60.7 Å². The van der Waals surface area contributed by atoms with E-state index in [9.17, 15) is 19.2 Å². The molecule has 0 saturated carbocycles. The van der Waals surface area contributed by atoms with Gasteiger partial charge in [0.15, 0.2) is 16.9 Å². The summed E-state index contributed by atoms with van der Waals surface area (Å²) in [6.45, 7) is 3.83. The molecule has 1 fully saturated rings. The van der Waals surface area contributed by atoms with Crippen molar-refractivity contribution in [1.82, 2.24) is 15.2 Å². The van der Waals surface area contributed by atoms with Gasteiger partial charge in [-0.15, -0.1) is 11.8 Å². The van der Waals surface area contributed by atoms with Crippen molar-refractivity contribution in [2.45, 2.75) is 17.5 Å². The number of thioether (sulfide) groups is 1. The predicted molar refractivity (Wildman–Crippen MR) is 158 cm³/mol. The van der Waals surface area contributed by atoms with Crippen LogP contribution in [0.3, 0.4) is 0 Å². The lowest BCUT2D eigenvalue weighted by atomic mass is 10.0. The van der Waals surface area contributed by atoms with Gasteiger partial charge in [0, 0.05) is 11.9 Å². The number of nitrogens with zero attached hydrogens (tertiary/aromatic N) is 3. The Balaban J connectivity index is 1.36. The van der Waals surface area contributed by atoms with Crippen LogP contribution in [0, 0.1) is 0 Å². The van der Waals surface area contributed by atoms with Gasteiger partial charge >= 0.3 is 5.97 Å². The molecule has 0 spiro atoms. The van der Waals surface area contributed by atoms with Crippen molar-refractivity contribution in [2.75, 3.05) is 18.2 Å². The van der Waals surface area contributed by atoms with Gasteiger partial charge in [-0.1, -0.05) is 89.8 Å². The summed E-state index contributed by atoms with van der Waals surface area (Å²) in [4.78, 5) is 61.6. The van der Waals surface area contributed by atoms with Crippen LogP contribution < -0.4 is 10.6 Å². The molecule has 13 heteroatoms. The molecule has 0 aliphatic carbocycles. The third-order valence-electron chi connectivity index (χ3n) is 6.47. The molecule has 0 bridgehead atoms. The summed E-state index contributed by atoms with van der Waals surface area (Å²) in [6, 6.07) is 17.7. The molecule has 1 saturated heterocycles. The third kappa shape index (κ3) is 5.69. The maximum atomic E-state index is 13.7. The van der Waals surface area contributed by atoms with Gasteiger partial charge < -0.3 is 20.2 Å². The number of amides is 3. The minimum atomic E-state index is -0.932. The number of allylic oxidation sites excluding steroid dienone is 1. The molecule has 3 amide bonds. The topological polar surface area (TPSA) is 139 Å². The third-order valence-corrected chi connectivity index (χ3v) is 8.71. The Morgan fingerprint density at radius 2 is 1.81 bits per heavy atom. The van der Waals surface area contributed by atoms with Crippen LogP contribution in [0.25, 0.3) is 0 Å². The summed E-state index contributed by atoms with van der Waals surface area (Å²) in [5.41, 5.74) is 2.09. The molecule has 2 aliphatic rings. The highest BCUT2D eigenvalue weighted by Crippen LogP contribution is 2.42. The predicted octanol–water partition coefficient (Wildman–Crippen LogP) is 3.23. The van der Waals surface area contributed by atoms with Gasteiger partial charge in [-0.2, -0.15) is 0 Å². The van der Waals surface area contributed by atoms with Crippen molar-refractivity contribution in [3.8, 4) is 0 Å². The second-order valence-corrected chi connectivity index (χ2v) is 11.1. The van der Waals surface area contributed by atoms with Crippen molar-refractivity contribution >= 4 is 58.1 Å². The fourth-order valence-electron chi connectivity index (χ4n) is 4.54. The molecular formula is C29H25N5O6S2. The maximum absolute atomic E-state index is 13.7. The first-order valence-corrected chi connectivity index (χ1v) is 14.5. The largest absolute Gasteiger partial charge is 0.448 e. The lowest BCUT2D eigenvalue weighted by Gasteiger charge is -2.49. The number of thiazole rings is 1. The fraction of sp³-hybridized carbons (Fsp3) is 0.172. The number of ether oxygens (including phenoxy) is 1. The van der Waals surface area contributed by atoms with Crippen LogP contribution in [-0.4, -0.2) is 64.1 Å². The van der Waals surface area contributed by atoms with E-state index in [2.05, 4.69) is 27.4 Å². The summed E-state index contributed by atoms with van der Waals surface area (Å²) in [7, 11) is 1.28. The van der Waals surface area contributed by atoms with Crippen LogP contribution in [0.5, 0.6) is 0 Å². The molecule has 1 aromatic heterocycles. The van der Waals surface area contributed by atoms with Gasteiger partial charge in [0.2, 0.25) is 6.41 Å². The number of nitrogens with one attached hydrogen (secondary N) is 2. The lowest BCUT2D eigenvalue weighted by molar-refractivity contribution is -0.154. The number of benzene rings is 2. The van der Waals surface area contributed by atoms with Crippen LogP contribution in [0.15, 0.2) is 95.9 Å². The number of aromatic nitrogens is 1. The van der Waals surface area contributed by atoms with E-state index in [-0.39, 0.29) is 16.5 Å². The zero-order valence-corrected chi connectivity index (χ0v) is 23.9. The van der Waals surface area contributed by atoms with Crippen LogP contribution in [0.2, 0.25) is 0 Å². The number of esters is 1. The van der Waals surface area contributed by atoms with Crippen molar-refractivity contribution < 1.29 is 28.8 Å². The number of rotatable bonds is 11. The Hall–Kier alpha value is -4.75. The molecule has 5 rings (SSSR count). The molecule has 1 unspecified atom stereocenters. The zero-order valence-electron chi connectivity index (χ0n) is 22.3. The Labute approximate surface area is 249 Å². The average Bonchev–Trinajstić information content (AvgIpc) is 3.49. The molecule has 214 valence electrons. The highest BCUT2D eigenvalue weighted by atomic mass is 32.2. The van der Waals surface area contributed by atoms with Crippen molar-refractivity contribution in [3.63, 3.8) is 0 Å². The minimum Gasteiger partial charge on any atom is -0.448 e. The van der Waals surface area contributed by atoms with E-state index in [0.29, 0.717) is 22.6 Å². The highest BCUT2D eigenvalue weighted by Gasteiger charge is 2.54. The van der Waals surface area contributed by atoms with Gasteiger partial charge in [0.1, 0.15) is 24.2 Å². The molecule has 2 aromatic carbocycles. The number of carbonyl (C=O) groups excluding carboxylic acids is 4. The molecule has 2 atom stereocenters. The van der Waals surface area contributed by atoms with E-state index < -0.39 is 35.3 Å². The van der Waals surface area contributed by atoms with Crippen molar-refractivity contribution in [1.29, 1.82) is 0 Å². The summed E-state index contributed by atoms with van der Waals surface area (Å²) in [6.07, 6.45) is 2.66. The number of anilines is 1. The molecule has 3 heterocycles. The molecule has 2 aliphatic heterocycles. The number of oxime groups is 1. The maximum Gasteiger partial charge on any atom is 0.356 e. The number of fused-ring (bicyclic) bond motifs is 1. The Kier molecular flexibility index (Phi) is 8.79.